The predicted molar refractivity (Wildman–Crippen MR) is 46.7 cm³/mol. The molecule has 0 aliphatic rings. The number of amides is 2. The van der Waals surface area contributed by atoms with Crippen molar-refractivity contribution in [1.29, 1.82) is 0 Å². The number of hydrogen-bond donors (Lipinski definition) is 2. The summed E-state index contributed by atoms with van der Waals surface area (Å²) in [5.41, 5.74) is 5.01. The van der Waals surface area contributed by atoms with Crippen LogP contribution in [0, 0.1) is 0 Å². The van der Waals surface area contributed by atoms with E-state index in [-0.39, 0.29) is 24.5 Å². The van der Waals surface area contributed by atoms with Crippen molar-refractivity contribution in [2.75, 3.05) is 0 Å². The lowest BCUT2D eigenvalue weighted by Gasteiger charge is -2.12. The molecule has 0 aromatic rings. The van der Waals surface area contributed by atoms with E-state index in [1.807, 2.05) is 0 Å². The molecule has 1 atom stereocenters. The molecule has 0 unspecified atom stereocenters. The van der Waals surface area contributed by atoms with Crippen LogP contribution in [0.3, 0.4) is 0 Å². The largest absolute Gasteiger partial charge is 0.368 e. The van der Waals surface area contributed by atoms with Gasteiger partial charge in [0.2, 0.25) is 11.8 Å². The molecular weight excluding hydrogens is 172 g/mol. The summed E-state index contributed by atoms with van der Waals surface area (Å²) in [6, 6.07) is -0.735. The molecule has 0 radical (unpaired) electrons. The van der Waals surface area contributed by atoms with E-state index in [1.54, 1.807) is 0 Å². The van der Waals surface area contributed by atoms with E-state index < -0.39 is 11.9 Å². The lowest BCUT2D eigenvalue weighted by molar-refractivity contribution is -0.126. The molecule has 0 aliphatic heterocycles. The maximum Gasteiger partial charge on any atom is 0.240 e. The zero-order valence-electron chi connectivity index (χ0n) is 7.79. The minimum Gasteiger partial charge on any atom is -0.368 e. The number of hydrogen-bond acceptors (Lipinski definition) is 3. The van der Waals surface area contributed by atoms with Gasteiger partial charge in [0.25, 0.3) is 0 Å². The van der Waals surface area contributed by atoms with Crippen LogP contribution < -0.4 is 11.1 Å². The van der Waals surface area contributed by atoms with Gasteiger partial charge < -0.3 is 15.8 Å². The van der Waals surface area contributed by atoms with E-state index in [2.05, 4.69) is 5.32 Å². The maximum absolute atomic E-state index is 10.7. The van der Waals surface area contributed by atoms with E-state index in [9.17, 15) is 14.4 Å². The Labute approximate surface area is 76.7 Å². The molecule has 0 heterocycles. The maximum atomic E-state index is 10.7. The Morgan fingerprint density at radius 1 is 1.31 bits per heavy atom. The average molecular weight is 186 g/mol. The van der Waals surface area contributed by atoms with Crippen LogP contribution in [0.4, 0.5) is 0 Å². The van der Waals surface area contributed by atoms with Crippen LogP contribution in [0.5, 0.6) is 0 Å². The Balaban J connectivity index is 4.02. The monoisotopic (exact) mass is 186 g/mol. The fourth-order valence-electron chi connectivity index (χ4n) is 0.879. The second-order valence-electron chi connectivity index (χ2n) is 2.90. The number of nitrogens with two attached hydrogens (primary N) is 1. The fourth-order valence-corrected chi connectivity index (χ4v) is 0.879. The molecule has 0 saturated carbocycles. The summed E-state index contributed by atoms with van der Waals surface area (Å²) in [6.07, 6.45) is 0.512. The first-order valence-corrected chi connectivity index (χ1v) is 3.99. The van der Waals surface area contributed by atoms with Crippen LogP contribution in [-0.2, 0) is 14.4 Å². The third-order valence-electron chi connectivity index (χ3n) is 1.51. The highest BCUT2D eigenvalue weighted by atomic mass is 16.2. The Hall–Kier alpha value is -1.39. The average Bonchev–Trinajstić information content (AvgIpc) is 1.96. The molecule has 0 aromatic carbocycles. The molecule has 0 aliphatic carbocycles. The van der Waals surface area contributed by atoms with Crippen molar-refractivity contribution in [2.45, 2.75) is 32.7 Å². The van der Waals surface area contributed by atoms with Crippen LogP contribution in [-0.4, -0.2) is 23.6 Å². The first-order chi connectivity index (χ1) is 5.93. The van der Waals surface area contributed by atoms with Crippen LogP contribution in [0.25, 0.3) is 0 Å². The van der Waals surface area contributed by atoms with Crippen LogP contribution in [0.2, 0.25) is 0 Å². The van der Waals surface area contributed by atoms with Gasteiger partial charge in [0.05, 0.1) is 0 Å². The molecule has 5 heteroatoms. The molecule has 3 N–H and O–H groups in total. The normalized spacial score (nSPS) is 11.8. The highest BCUT2D eigenvalue weighted by molar-refractivity contribution is 5.86. The third kappa shape index (κ3) is 5.84. The lowest BCUT2D eigenvalue weighted by atomic mass is 10.1. The molecule has 0 saturated heterocycles. The first kappa shape index (κ1) is 11.6. The molecule has 74 valence electrons. The molecule has 2 amide bonds. The highest BCUT2D eigenvalue weighted by Crippen LogP contribution is 1.97. The van der Waals surface area contributed by atoms with Gasteiger partial charge >= 0.3 is 0 Å². The second-order valence-corrected chi connectivity index (χ2v) is 2.90. The van der Waals surface area contributed by atoms with Crippen molar-refractivity contribution >= 4 is 17.6 Å². The van der Waals surface area contributed by atoms with Gasteiger partial charge in [-0.3, -0.25) is 9.59 Å². The van der Waals surface area contributed by atoms with E-state index in [0.717, 1.165) is 0 Å². The van der Waals surface area contributed by atoms with Crippen molar-refractivity contribution in [3.63, 3.8) is 0 Å². The van der Waals surface area contributed by atoms with E-state index in [0.29, 0.717) is 0 Å². The Morgan fingerprint density at radius 3 is 2.15 bits per heavy atom. The van der Waals surface area contributed by atoms with Crippen LogP contribution >= 0.6 is 0 Å². The summed E-state index contributed by atoms with van der Waals surface area (Å²) in [5, 5.41) is 2.37. The van der Waals surface area contributed by atoms with Gasteiger partial charge in [0.15, 0.2) is 0 Å². The zero-order chi connectivity index (χ0) is 10.4. The molecule has 0 aromatic heterocycles. The molecule has 0 bridgehead atoms. The third-order valence-corrected chi connectivity index (χ3v) is 1.51. The molecule has 0 rings (SSSR count). The van der Waals surface area contributed by atoms with Gasteiger partial charge in [-0.2, -0.15) is 0 Å². The fraction of sp³-hybridized carbons (Fsp3) is 0.625. The van der Waals surface area contributed by atoms with Crippen molar-refractivity contribution in [3.05, 3.63) is 0 Å². The second kappa shape index (κ2) is 5.29. The van der Waals surface area contributed by atoms with Crippen LogP contribution in [0.1, 0.15) is 26.7 Å². The van der Waals surface area contributed by atoms with E-state index in [4.69, 9.17) is 5.73 Å². The minimum atomic E-state index is -0.735. The summed E-state index contributed by atoms with van der Waals surface area (Å²) in [4.78, 5) is 31.9. The number of ketones is 1. The van der Waals surface area contributed by atoms with Gasteiger partial charge in [-0.1, -0.05) is 0 Å². The van der Waals surface area contributed by atoms with Gasteiger partial charge in [0, 0.05) is 13.3 Å². The van der Waals surface area contributed by atoms with Crippen LogP contribution in [0.15, 0.2) is 0 Å². The number of carbonyl (C=O) groups excluding carboxylic acids is 3. The lowest BCUT2D eigenvalue weighted by Crippen LogP contribution is -2.43. The molecule has 5 nitrogen and oxygen atoms in total. The number of Topliss-reactive ketones (excluding diaryl/α,β-unsaturated/α-hetero) is 1. The molecule has 0 spiro atoms. The predicted octanol–water partition coefficient (Wildman–Crippen LogP) is -0.654. The Bertz CT molecular complexity index is 225. The van der Waals surface area contributed by atoms with Gasteiger partial charge in [-0.25, -0.2) is 0 Å². The number of carbonyl (C=O) groups is 3. The number of nitrogens with one attached hydrogen (secondary N) is 1. The minimum absolute atomic E-state index is 0.0309. The van der Waals surface area contributed by atoms with E-state index in [1.165, 1.54) is 13.8 Å². The van der Waals surface area contributed by atoms with Gasteiger partial charge in [0.1, 0.15) is 11.8 Å². The van der Waals surface area contributed by atoms with E-state index >= 15 is 0 Å². The van der Waals surface area contributed by atoms with Crippen molar-refractivity contribution < 1.29 is 14.4 Å². The first-order valence-electron chi connectivity index (χ1n) is 3.99. The molecule has 0 fully saturated rings. The Kier molecular flexibility index (Phi) is 4.72. The number of primary amides is 1. The number of rotatable bonds is 5. The SMILES string of the molecule is CC(=O)CC[C@@H](NC(C)=O)C(N)=O. The summed E-state index contributed by atoms with van der Waals surface area (Å²) >= 11 is 0. The summed E-state index contributed by atoms with van der Waals surface area (Å²) < 4.78 is 0. The van der Waals surface area contributed by atoms with Crippen molar-refractivity contribution in [2.24, 2.45) is 5.73 Å². The molecule has 13 heavy (non-hydrogen) atoms. The smallest absolute Gasteiger partial charge is 0.240 e. The Morgan fingerprint density at radius 2 is 1.85 bits per heavy atom. The zero-order valence-corrected chi connectivity index (χ0v) is 7.79. The topological polar surface area (TPSA) is 89.3 Å². The van der Waals surface area contributed by atoms with Crippen molar-refractivity contribution in [3.8, 4) is 0 Å². The highest BCUT2D eigenvalue weighted by Gasteiger charge is 2.16. The van der Waals surface area contributed by atoms with Crippen molar-refractivity contribution in [1.82, 2.24) is 5.32 Å². The summed E-state index contributed by atoms with van der Waals surface area (Å²) in [6.45, 7) is 2.72. The summed E-state index contributed by atoms with van der Waals surface area (Å²) in [7, 11) is 0. The summed E-state index contributed by atoms with van der Waals surface area (Å²) in [5.74, 6) is -0.972. The van der Waals surface area contributed by atoms with Gasteiger partial charge in [-0.05, 0) is 13.3 Å². The van der Waals surface area contributed by atoms with Gasteiger partial charge in [-0.15, -0.1) is 0 Å². The quantitative estimate of drug-likeness (QED) is 0.597. The molecular formula is C8H14N2O3. The standard InChI is InChI=1S/C8H14N2O3/c1-5(11)3-4-7(8(9)13)10-6(2)12/h7H,3-4H2,1-2H3,(H2,9,13)(H,10,12)/t7-/m1/s1.